The van der Waals surface area contributed by atoms with Gasteiger partial charge in [-0.1, -0.05) is 0 Å². The molecule has 0 aliphatic carbocycles. The van der Waals surface area contributed by atoms with Gasteiger partial charge in [-0.15, -0.1) is 0 Å². The molecule has 1 aromatic heterocycles. The number of rotatable bonds is 1. The monoisotopic (exact) mass is 232 g/mol. The van der Waals surface area contributed by atoms with E-state index in [9.17, 15) is 4.79 Å². The van der Waals surface area contributed by atoms with Crippen LogP contribution in [0.25, 0.3) is 5.73 Å². The summed E-state index contributed by atoms with van der Waals surface area (Å²) in [6.07, 6.45) is 1.18. The van der Waals surface area contributed by atoms with Gasteiger partial charge in [0.2, 0.25) is 0 Å². The molecule has 2 radical (unpaired) electrons. The Morgan fingerprint density at radius 3 is 2.67 bits per heavy atom. The molecule has 0 saturated carbocycles. The molecule has 54 valence electrons. The van der Waals surface area contributed by atoms with Crippen LogP contribution in [-0.2, 0) is 0 Å². The van der Waals surface area contributed by atoms with E-state index in [1.165, 1.54) is 6.20 Å². The van der Waals surface area contributed by atoms with Gasteiger partial charge in [-0.25, -0.2) is 9.97 Å². The Hall–Kier alpha value is 0.220. The number of carbonyl (C=O) groups excluding carboxylic acids is 1. The standard InChI is InChI=1S/C5H5BN4O.Rb/c6-2-1-9-3(5(8)11)4(7)10-2;/h1H,(H4,7,8,10,11);/q;+1/p-1. The molecule has 0 spiro atoms. The van der Waals surface area contributed by atoms with E-state index in [2.05, 4.69) is 9.97 Å². The second-order valence-corrected chi connectivity index (χ2v) is 1.86. The normalized spacial score (nSPS) is 8.67. The Balaban J connectivity index is 0.00000121. The molecule has 12 heavy (non-hydrogen) atoms. The summed E-state index contributed by atoms with van der Waals surface area (Å²) < 4.78 is 0. The topological polar surface area (TPSA) is 92.7 Å². The van der Waals surface area contributed by atoms with E-state index >= 15 is 0 Å². The van der Waals surface area contributed by atoms with Gasteiger partial charge in [-0.2, -0.15) is 0 Å². The zero-order chi connectivity index (χ0) is 8.43. The van der Waals surface area contributed by atoms with E-state index in [-0.39, 0.29) is 75.3 Å². The van der Waals surface area contributed by atoms with Crippen LogP contribution in [0.1, 0.15) is 10.5 Å². The molecule has 0 bridgehead atoms. The maximum Gasteiger partial charge on any atom is 1.00 e. The van der Waals surface area contributed by atoms with Crippen LogP contribution in [0.15, 0.2) is 6.20 Å². The predicted octanol–water partition coefficient (Wildman–Crippen LogP) is -3.95. The molecule has 1 rings (SSSR count). The number of nitrogens with one attached hydrogen (secondary N) is 1. The third-order valence-corrected chi connectivity index (χ3v) is 1.03. The van der Waals surface area contributed by atoms with Crippen molar-refractivity contribution in [2.45, 2.75) is 0 Å². The number of anilines is 1. The van der Waals surface area contributed by atoms with Crippen LogP contribution >= 0.6 is 0 Å². The maximum atomic E-state index is 10.4. The van der Waals surface area contributed by atoms with Gasteiger partial charge in [0.1, 0.15) is 19.4 Å². The number of carbonyl (C=O) groups is 1. The molecule has 0 aliphatic rings. The summed E-state index contributed by atoms with van der Waals surface area (Å²) in [7, 11) is 5.20. The molecule has 1 amide bonds. The van der Waals surface area contributed by atoms with E-state index in [4.69, 9.17) is 19.3 Å². The fraction of sp³-hybridized carbons (Fsp3) is 0. The molecule has 7 heteroatoms. The summed E-state index contributed by atoms with van der Waals surface area (Å²) in [5.74, 6) is -1.07. The average molecular weight is 232 g/mol. The minimum Gasteiger partial charge on any atom is -0.662 e. The summed E-state index contributed by atoms with van der Waals surface area (Å²) >= 11 is 0. The molecule has 3 N–H and O–H groups in total. The average Bonchev–Trinajstić information content (AvgIpc) is 1.85. The summed E-state index contributed by atoms with van der Waals surface area (Å²) in [5.41, 5.74) is 11.9. The van der Waals surface area contributed by atoms with E-state index in [0.717, 1.165) is 0 Å². The molecule has 1 heterocycles. The zero-order valence-corrected chi connectivity index (χ0v) is 11.5. The third kappa shape index (κ3) is 2.93. The zero-order valence-electron chi connectivity index (χ0n) is 6.53. The molecule has 0 saturated heterocycles. The van der Waals surface area contributed by atoms with E-state index in [0.29, 0.717) is 0 Å². The first-order valence-electron chi connectivity index (χ1n) is 2.75. The Labute approximate surface area is 120 Å². The van der Waals surface area contributed by atoms with Crippen LogP contribution < -0.4 is 69.5 Å². The molecule has 0 unspecified atom stereocenters. The van der Waals surface area contributed by atoms with Crippen molar-refractivity contribution in [2.24, 2.45) is 0 Å². The van der Waals surface area contributed by atoms with Crippen molar-refractivity contribution < 1.29 is 63.0 Å². The molecular formula is C5H4BN4ORb. The molecule has 0 aromatic carbocycles. The Bertz CT molecular complexity index is 305. The van der Waals surface area contributed by atoms with Crippen LogP contribution in [0, 0.1) is 0 Å². The third-order valence-electron chi connectivity index (χ3n) is 1.03. The minimum atomic E-state index is -0.963. The summed E-state index contributed by atoms with van der Waals surface area (Å²) in [6, 6.07) is 0. The molecule has 0 fully saturated rings. The Morgan fingerprint density at radius 2 is 2.25 bits per heavy atom. The van der Waals surface area contributed by atoms with Gasteiger partial charge in [0, 0.05) is 11.8 Å². The van der Waals surface area contributed by atoms with Crippen LogP contribution in [0.3, 0.4) is 0 Å². The maximum absolute atomic E-state index is 10.4. The number of nitrogens with zero attached hydrogens (tertiary/aromatic N) is 2. The van der Waals surface area contributed by atoms with Gasteiger partial charge in [0.05, 0.1) is 0 Å². The Kier molecular flexibility index (Phi) is 5.15. The molecule has 0 atom stereocenters. The number of aromatic nitrogens is 2. The van der Waals surface area contributed by atoms with Crippen LogP contribution in [0.2, 0.25) is 0 Å². The number of nitrogen functional groups attached to an aromatic ring is 1. The molecule has 1 aromatic rings. The molecule has 5 nitrogen and oxygen atoms in total. The predicted molar refractivity (Wildman–Crippen MR) is 40.5 cm³/mol. The van der Waals surface area contributed by atoms with Gasteiger partial charge < -0.3 is 16.3 Å². The van der Waals surface area contributed by atoms with Crippen molar-refractivity contribution in [2.75, 3.05) is 5.73 Å². The smallest absolute Gasteiger partial charge is 0.662 e. The van der Waals surface area contributed by atoms with Crippen LogP contribution in [0.4, 0.5) is 5.82 Å². The quantitative estimate of drug-likeness (QED) is 0.500. The first-order valence-corrected chi connectivity index (χ1v) is 2.75. The second-order valence-electron chi connectivity index (χ2n) is 1.86. The largest absolute Gasteiger partial charge is 1.00 e. The fourth-order valence-corrected chi connectivity index (χ4v) is 0.593. The minimum absolute atomic E-state index is 0. The number of amides is 1. The summed E-state index contributed by atoms with van der Waals surface area (Å²) in [4.78, 5) is 17.5. The van der Waals surface area contributed by atoms with Crippen molar-refractivity contribution in [3.63, 3.8) is 0 Å². The molecule has 0 aliphatic heterocycles. The van der Waals surface area contributed by atoms with Crippen molar-refractivity contribution in [3.05, 3.63) is 17.6 Å². The SMILES string of the molecule is [B]c1cnc(C([NH-])=O)c(N)n1.[Rb+]. The van der Waals surface area contributed by atoms with Crippen molar-refractivity contribution >= 4 is 25.2 Å². The van der Waals surface area contributed by atoms with E-state index in [1.54, 1.807) is 0 Å². The van der Waals surface area contributed by atoms with Crippen molar-refractivity contribution in [3.8, 4) is 0 Å². The van der Waals surface area contributed by atoms with Gasteiger partial charge in [-0.05, 0) is 0 Å². The number of hydrogen-bond donors (Lipinski definition) is 1. The number of nitrogens with two attached hydrogens (primary N) is 1. The van der Waals surface area contributed by atoms with Crippen LogP contribution in [-0.4, -0.2) is 23.7 Å². The first kappa shape index (κ1) is 12.2. The second kappa shape index (κ2) is 5.06. The molecular weight excluding hydrogens is 228 g/mol. The Morgan fingerprint density at radius 1 is 1.67 bits per heavy atom. The van der Waals surface area contributed by atoms with Crippen molar-refractivity contribution in [1.82, 2.24) is 9.97 Å². The summed E-state index contributed by atoms with van der Waals surface area (Å²) in [6.45, 7) is 0. The van der Waals surface area contributed by atoms with Gasteiger partial charge >= 0.3 is 58.2 Å². The van der Waals surface area contributed by atoms with Gasteiger partial charge in [0.25, 0.3) is 0 Å². The first-order chi connectivity index (χ1) is 5.11. The van der Waals surface area contributed by atoms with Gasteiger partial charge in [0.15, 0.2) is 5.82 Å². The van der Waals surface area contributed by atoms with E-state index < -0.39 is 5.91 Å². The summed E-state index contributed by atoms with van der Waals surface area (Å²) in [5, 5.41) is 0. The van der Waals surface area contributed by atoms with Gasteiger partial charge in [-0.3, -0.25) is 0 Å². The van der Waals surface area contributed by atoms with E-state index in [1.807, 2.05) is 0 Å². The fourth-order valence-electron chi connectivity index (χ4n) is 0.593. The van der Waals surface area contributed by atoms with Crippen LogP contribution in [0.5, 0.6) is 0 Å². The number of hydrogen-bond acceptors (Lipinski definition) is 4. The van der Waals surface area contributed by atoms with Crippen molar-refractivity contribution in [1.29, 1.82) is 0 Å².